The zero-order valence-corrected chi connectivity index (χ0v) is 17.1. The Morgan fingerprint density at radius 1 is 1.25 bits per heavy atom. The first-order valence-corrected chi connectivity index (χ1v) is 9.69. The molecule has 0 fully saturated rings. The van der Waals surface area contributed by atoms with Crippen molar-refractivity contribution in [3.05, 3.63) is 47.1 Å². The van der Waals surface area contributed by atoms with E-state index >= 15 is 0 Å². The Bertz CT molecular complexity index is 785. The molecule has 8 heteroatoms. The van der Waals surface area contributed by atoms with Gasteiger partial charge in [-0.15, -0.1) is 0 Å². The molecule has 28 heavy (non-hydrogen) atoms. The average molecular weight is 387 g/mol. The van der Waals surface area contributed by atoms with Gasteiger partial charge in [0.05, 0.1) is 6.54 Å². The number of aliphatic imine (C=N–C) groups is 1. The zero-order valence-electron chi connectivity index (χ0n) is 17.1. The maximum absolute atomic E-state index is 11.7. The van der Waals surface area contributed by atoms with Crippen molar-refractivity contribution in [1.29, 1.82) is 0 Å². The summed E-state index contributed by atoms with van der Waals surface area (Å²) in [6, 6.07) is 7.63. The zero-order chi connectivity index (χ0) is 20.4. The van der Waals surface area contributed by atoms with Crippen LogP contribution >= 0.6 is 0 Å². The van der Waals surface area contributed by atoms with Crippen molar-refractivity contribution in [3.63, 3.8) is 0 Å². The van der Waals surface area contributed by atoms with E-state index in [4.69, 9.17) is 4.52 Å². The first-order chi connectivity index (χ1) is 13.5. The third kappa shape index (κ3) is 6.68. The molecule has 0 atom stereocenters. The molecule has 1 amide bonds. The van der Waals surface area contributed by atoms with E-state index in [0.717, 1.165) is 30.3 Å². The molecule has 0 saturated carbocycles. The molecule has 1 aromatic heterocycles. The van der Waals surface area contributed by atoms with E-state index in [9.17, 15) is 4.79 Å². The maximum atomic E-state index is 11.7. The molecule has 0 aliphatic heterocycles. The third-order valence-electron chi connectivity index (χ3n) is 4.06. The van der Waals surface area contributed by atoms with Crippen LogP contribution in [0.2, 0.25) is 0 Å². The van der Waals surface area contributed by atoms with Gasteiger partial charge in [0.25, 0.3) is 5.91 Å². The van der Waals surface area contributed by atoms with E-state index in [2.05, 4.69) is 31.1 Å². The lowest BCUT2D eigenvalue weighted by Crippen LogP contribution is -2.38. The number of nitrogens with zero attached hydrogens (tertiary/aromatic N) is 3. The summed E-state index contributed by atoms with van der Waals surface area (Å²) in [5.74, 6) is 2.25. The Morgan fingerprint density at radius 2 is 2.07 bits per heavy atom. The molecule has 152 valence electrons. The van der Waals surface area contributed by atoms with E-state index in [1.165, 1.54) is 0 Å². The minimum absolute atomic E-state index is 0.0774. The van der Waals surface area contributed by atoms with Gasteiger partial charge in [0.2, 0.25) is 5.89 Å². The van der Waals surface area contributed by atoms with Crippen LogP contribution in [0.15, 0.2) is 33.8 Å². The standard InChI is InChI=1S/C20H30N6O2/c1-5-22-20(24-12-10-17-25-18(14(2)3)26-28-17)23-11-9-15-7-6-8-16(13-15)19(27)21-4/h6-8,13-14H,5,9-12H2,1-4H3,(H,21,27)(H2,22,23,24). The first kappa shape index (κ1) is 21.4. The molecule has 0 aliphatic carbocycles. The summed E-state index contributed by atoms with van der Waals surface area (Å²) < 4.78 is 5.24. The highest BCUT2D eigenvalue weighted by atomic mass is 16.5. The van der Waals surface area contributed by atoms with Gasteiger partial charge in [-0.05, 0) is 31.0 Å². The lowest BCUT2D eigenvalue weighted by molar-refractivity contribution is 0.0963. The molecular formula is C20H30N6O2. The van der Waals surface area contributed by atoms with E-state index < -0.39 is 0 Å². The summed E-state index contributed by atoms with van der Waals surface area (Å²) >= 11 is 0. The summed E-state index contributed by atoms with van der Waals surface area (Å²) in [5.41, 5.74) is 1.76. The third-order valence-corrected chi connectivity index (χ3v) is 4.06. The van der Waals surface area contributed by atoms with Crippen molar-refractivity contribution in [2.45, 2.75) is 39.5 Å². The first-order valence-electron chi connectivity index (χ1n) is 9.69. The van der Waals surface area contributed by atoms with Crippen LogP contribution in [0, 0.1) is 0 Å². The van der Waals surface area contributed by atoms with Crippen LogP contribution in [-0.2, 0) is 12.8 Å². The van der Waals surface area contributed by atoms with E-state index in [-0.39, 0.29) is 11.8 Å². The largest absolute Gasteiger partial charge is 0.357 e. The van der Waals surface area contributed by atoms with Crippen LogP contribution in [-0.4, -0.2) is 48.7 Å². The fraction of sp³-hybridized carbons (Fsp3) is 0.500. The van der Waals surface area contributed by atoms with Gasteiger partial charge < -0.3 is 20.5 Å². The van der Waals surface area contributed by atoms with Gasteiger partial charge in [-0.25, -0.2) is 0 Å². The molecule has 2 rings (SSSR count). The Balaban J connectivity index is 1.84. The van der Waals surface area contributed by atoms with Crippen molar-refractivity contribution in [2.75, 3.05) is 26.7 Å². The van der Waals surface area contributed by atoms with Gasteiger partial charge in [0, 0.05) is 38.0 Å². The van der Waals surface area contributed by atoms with Crippen molar-refractivity contribution >= 4 is 11.9 Å². The number of guanidine groups is 1. The Labute approximate surface area is 166 Å². The van der Waals surface area contributed by atoms with Gasteiger partial charge in [0.15, 0.2) is 11.8 Å². The number of carbonyl (C=O) groups is 1. The van der Waals surface area contributed by atoms with E-state index in [0.29, 0.717) is 31.0 Å². The highest BCUT2D eigenvalue weighted by Gasteiger charge is 2.09. The fourth-order valence-corrected chi connectivity index (χ4v) is 2.55. The van der Waals surface area contributed by atoms with Gasteiger partial charge in [-0.1, -0.05) is 31.1 Å². The van der Waals surface area contributed by atoms with Gasteiger partial charge in [0.1, 0.15) is 0 Å². The topological polar surface area (TPSA) is 104 Å². The monoisotopic (exact) mass is 386 g/mol. The number of nitrogens with one attached hydrogen (secondary N) is 3. The number of hydrogen-bond donors (Lipinski definition) is 3. The Hall–Kier alpha value is -2.90. The van der Waals surface area contributed by atoms with Gasteiger partial charge >= 0.3 is 0 Å². The average Bonchev–Trinajstić information content (AvgIpc) is 3.17. The summed E-state index contributed by atoms with van der Waals surface area (Å²) in [4.78, 5) is 20.7. The summed E-state index contributed by atoms with van der Waals surface area (Å²) in [6.07, 6.45) is 1.39. The molecule has 1 heterocycles. The maximum Gasteiger partial charge on any atom is 0.251 e. The molecule has 0 spiro atoms. The van der Waals surface area contributed by atoms with Crippen LogP contribution in [0.1, 0.15) is 54.3 Å². The molecule has 0 aliphatic rings. The molecule has 0 saturated heterocycles. The van der Waals surface area contributed by atoms with Gasteiger partial charge in [-0.2, -0.15) is 4.98 Å². The highest BCUT2D eigenvalue weighted by Crippen LogP contribution is 2.09. The van der Waals surface area contributed by atoms with Crippen LogP contribution in [0.3, 0.4) is 0 Å². The van der Waals surface area contributed by atoms with Crippen molar-refractivity contribution in [3.8, 4) is 0 Å². The van der Waals surface area contributed by atoms with Gasteiger partial charge in [-0.3, -0.25) is 9.79 Å². The van der Waals surface area contributed by atoms with Crippen molar-refractivity contribution < 1.29 is 9.32 Å². The lowest BCUT2D eigenvalue weighted by Gasteiger charge is -2.11. The normalized spacial score (nSPS) is 11.5. The quantitative estimate of drug-likeness (QED) is 0.449. The molecule has 0 radical (unpaired) electrons. The number of hydrogen-bond acceptors (Lipinski definition) is 5. The summed E-state index contributed by atoms with van der Waals surface area (Å²) in [6.45, 7) is 8.13. The van der Waals surface area contributed by atoms with Crippen LogP contribution in [0.4, 0.5) is 0 Å². The minimum Gasteiger partial charge on any atom is -0.357 e. The van der Waals surface area contributed by atoms with Crippen LogP contribution in [0.5, 0.6) is 0 Å². The molecule has 1 aromatic carbocycles. The molecule has 8 nitrogen and oxygen atoms in total. The second-order valence-corrected chi connectivity index (χ2v) is 6.67. The molecule has 3 N–H and O–H groups in total. The second-order valence-electron chi connectivity index (χ2n) is 6.67. The second kappa shape index (κ2) is 11.1. The molecule has 0 unspecified atom stereocenters. The molecule has 0 bridgehead atoms. The number of amides is 1. The predicted molar refractivity (Wildman–Crippen MR) is 110 cm³/mol. The fourth-order valence-electron chi connectivity index (χ4n) is 2.55. The Kier molecular flexibility index (Phi) is 8.45. The number of rotatable bonds is 9. The summed E-state index contributed by atoms with van der Waals surface area (Å²) in [7, 11) is 1.63. The molecule has 2 aromatic rings. The van der Waals surface area contributed by atoms with Crippen LogP contribution < -0.4 is 16.0 Å². The summed E-state index contributed by atoms with van der Waals surface area (Å²) in [5, 5.41) is 13.1. The predicted octanol–water partition coefficient (Wildman–Crippen LogP) is 1.89. The Morgan fingerprint density at radius 3 is 2.75 bits per heavy atom. The van der Waals surface area contributed by atoms with E-state index in [1.54, 1.807) is 7.05 Å². The number of benzene rings is 1. The minimum atomic E-state index is -0.0774. The number of aromatic nitrogens is 2. The van der Waals surface area contributed by atoms with Crippen LogP contribution in [0.25, 0.3) is 0 Å². The SMILES string of the molecule is CCNC(=NCCc1nc(C(C)C)no1)NCCc1cccc(C(=O)NC)c1. The molecular weight excluding hydrogens is 356 g/mol. The van der Waals surface area contributed by atoms with Crippen molar-refractivity contribution in [2.24, 2.45) is 4.99 Å². The number of carbonyl (C=O) groups excluding carboxylic acids is 1. The van der Waals surface area contributed by atoms with E-state index in [1.807, 2.05) is 45.0 Å². The smallest absolute Gasteiger partial charge is 0.251 e. The lowest BCUT2D eigenvalue weighted by atomic mass is 10.1. The van der Waals surface area contributed by atoms with Crippen molar-refractivity contribution in [1.82, 2.24) is 26.1 Å². The highest BCUT2D eigenvalue weighted by molar-refractivity contribution is 5.94.